The quantitative estimate of drug-likeness (QED) is 0.0310. The molecule has 30 nitrogen and oxygen atoms in total. The maximum Gasteiger partial charge on any atom is 0.397 e. The lowest BCUT2D eigenvalue weighted by atomic mass is 10.0. The Kier molecular flexibility index (Phi) is 38.9. The molecule has 0 bridgehead atoms. The van der Waals surface area contributed by atoms with E-state index in [0.29, 0.717) is 35.3 Å². The molecular weight excluding hydrogens is 1120 g/mol. The molecule has 0 amide bonds. The average molecular weight is 1210 g/mol. The highest BCUT2D eigenvalue weighted by molar-refractivity contribution is 7.81. The van der Waals surface area contributed by atoms with Gasteiger partial charge in [0.25, 0.3) is 0 Å². The van der Waals surface area contributed by atoms with E-state index in [1.807, 2.05) is 0 Å². The molecule has 0 aliphatic carbocycles. The van der Waals surface area contributed by atoms with Gasteiger partial charge in [-0.2, -0.15) is 33.7 Å². The molecule has 0 fully saturated rings. The summed E-state index contributed by atoms with van der Waals surface area (Å²) in [6.45, 7) is 1.54. The van der Waals surface area contributed by atoms with Crippen LogP contribution < -0.4 is 0 Å². The standard InChI is InChI=1S/C43H92N4O26S4/c1-44(2,3)14-11-16-46(7,8)18-22-61-26-33-68-42(40(38-64-29-36-72-76(54,55)56)66-31-24-60-20-13-21-70-74(48,49)50)43(69-34-27-62-23-19-47(9,10)17-12-15-45(4,5)6)41(39-65-30-37-73-77(57,58)59)67-32-25-63-28-35-71-75(51,52)53/h40-43H,11-39H2,1-10H3/p+4. The maximum absolute atomic E-state index is 11.3. The monoisotopic (exact) mass is 1210 g/mol. The lowest BCUT2D eigenvalue weighted by molar-refractivity contribution is -0.902. The molecule has 0 aromatic carbocycles. The summed E-state index contributed by atoms with van der Waals surface area (Å²) >= 11 is 0. The topological polar surface area (TPSA) is 347 Å². The molecule has 0 saturated carbocycles. The van der Waals surface area contributed by atoms with E-state index < -0.39 is 85.8 Å². The molecule has 77 heavy (non-hydrogen) atoms. The maximum atomic E-state index is 11.3. The minimum absolute atomic E-state index is 0.00774. The third kappa shape index (κ3) is 51.5. The van der Waals surface area contributed by atoms with Crippen molar-refractivity contribution in [2.75, 3.05) is 242 Å². The molecule has 4 unspecified atom stereocenters. The van der Waals surface area contributed by atoms with Gasteiger partial charge in [0.1, 0.15) is 37.5 Å². The van der Waals surface area contributed by atoms with E-state index in [4.69, 9.17) is 65.6 Å². The number of likely N-dealkylation sites (N-methyl/N-ethyl adjacent to an activating group) is 2. The molecule has 0 aromatic rings. The molecule has 0 aliphatic heterocycles. The number of ether oxygens (including phenoxy) is 10. The second-order valence-electron chi connectivity index (χ2n) is 20.9. The number of nitrogens with zero attached hydrogens (tertiary/aromatic N) is 4. The molecule has 0 aromatic heterocycles. The Balaban J connectivity index is 7.01. The summed E-state index contributed by atoms with van der Waals surface area (Å²) in [5, 5.41) is 0. The molecule has 4 atom stereocenters. The van der Waals surface area contributed by atoms with Crippen LogP contribution in [0.3, 0.4) is 0 Å². The normalized spacial score (nSPS) is 15.2. The highest BCUT2D eigenvalue weighted by Gasteiger charge is 2.39. The van der Waals surface area contributed by atoms with Gasteiger partial charge < -0.3 is 65.3 Å². The first-order valence-corrected chi connectivity index (χ1v) is 30.6. The SMILES string of the molecule is C[N+](C)(C)CCC[N+](C)(C)CCOCCOC(C(COCCOS(=O)(=O)O)OCCOCCCOS(=O)(=O)O)C(OCCOCC[N+](C)(C)CCC[N+](C)(C)C)C(COCCOS(=O)(=O)O)OCCOCCOS(=O)(=O)O. The summed E-state index contributed by atoms with van der Waals surface area (Å²) in [5.41, 5.74) is 0. The van der Waals surface area contributed by atoms with Gasteiger partial charge >= 0.3 is 41.6 Å². The van der Waals surface area contributed by atoms with Gasteiger partial charge in [-0.25, -0.2) is 16.7 Å². The minimum atomic E-state index is -4.82. The first-order valence-electron chi connectivity index (χ1n) is 25.1. The smallest absolute Gasteiger partial charge is 0.379 e. The van der Waals surface area contributed by atoms with Crippen LogP contribution in [0.1, 0.15) is 19.3 Å². The van der Waals surface area contributed by atoms with Gasteiger partial charge in [0.2, 0.25) is 0 Å². The predicted octanol–water partition coefficient (Wildman–Crippen LogP) is -1.36. The van der Waals surface area contributed by atoms with E-state index in [9.17, 15) is 33.7 Å². The Labute approximate surface area is 459 Å². The van der Waals surface area contributed by atoms with Crippen LogP contribution in [-0.2, 0) is 106 Å². The van der Waals surface area contributed by atoms with E-state index in [0.717, 1.165) is 48.0 Å². The molecule has 0 heterocycles. The lowest BCUT2D eigenvalue weighted by Gasteiger charge is -2.37. The van der Waals surface area contributed by atoms with E-state index in [1.165, 1.54) is 0 Å². The fourth-order valence-electron chi connectivity index (χ4n) is 6.83. The fourth-order valence-corrected chi connectivity index (χ4v) is 7.99. The molecule has 0 spiro atoms. The van der Waals surface area contributed by atoms with Crippen molar-refractivity contribution in [1.29, 1.82) is 0 Å². The van der Waals surface area contributed by atoms with Gasteiger partial charge in [0.15, 0.2) is 0 Å². The Bertz CT molecular complexity index is 1960. The van der Waals surface area contributed by atoms with E-state index in [-0.39, 0.29) is 106 Å². The van der Waals surface area contributed by atoms with Gasteiger partial charge in [0.05, 0.1) is 222 Å². The molecule has 4 N–H and O–H groups in total. The van der Waals surface area contributed by atoms with Gasteiger partial charge in [-0.05, 0) is 6.42 Å². The summed E-state index contributed by atoms with van der Waals surface area (Å²) in [5.74, 6) is 0. The van der Waals surface area contributed by atoms with Crippen molar-refractivity contribution < 1.29 is 134 Å². The van der Waals surface area contributed by atoms with E-state index in [2.05, 4.69) is 87.2 Å². The van der Waals surface area contributed by atoms with Gasteiger partial charge in [-0.1, -0.05) is 0 Å². The zero-order valence-corrected chi connectivity index (χ0v) is 50.3. The van der Waals surface area contributed by atoms with Crippen LogP contribution in [-0.4, -0.2) is 336 Å². The highest BCUT2D eigenvalue weighted by atomic mass is 32.3. The van der Waals surface area contributed by atoms with E-state index >= 15 is 0 Å². The number of rotatable bonds is 54. The van der Waals surface area contributed by atoms with Gasteiger partial charge in [-0.3, -0.25) is 18.2 Å². The fraction of sp³-hybridized carbons (Fsp3) is 1.00. The Morgan fingerprint density at radius 1 is 0.299 bits per heavy atom. The van der Waals surface area contributed by atoms with Crippen molar-refractivity contribution in [1.82, 2.24) is 0 Å². The van der Waals surface area contributed by atoms with Crippen LogP contribution in [0.4, 0.5) is 0 Å². The minimum Gasteiger partial charge on any atom is -0.379 e. The first kappa shape index (κ1) is 75.9. The van der Waals surface area contributed by atoms with Crippen molar-refractivity contribution in [2.45, 2.75) is 43.7 Å². The van der Waals surface area contributed by atoms with Crippen LogP contribution >= 0.6 is 0 Å². The molecule has 34 heteroatoms. The summed E-state index contributed by atoms with van der Waals surface area (Å²) in [7, 11) is 2.22. The van der Waals surface area contributed by atoms with Crippen LogP contribution in [0.2, 0.25) is 0 Å². The zero-order valence-electron chi connectivity index (χ0n) is 47.0. The van der Waals surface area contributed by atoms with Crippen LogP contribution in [0, 0.1) is 0 Å². The largest absolute Gasteiger partial charge is 0.397 e. The number of hydrogen-bond donors (Lipinski definition) is 4. The lowest BCUT2D eigenvalue weighted by Crippen LogP contribution is -2.53. The third-order valence-corrected chi connectivity index (χ3v) is 12.6. The number of hydrogen-bond acceptors (Lipinski definition) is 22. The van der Waals surface area contributed by atoms with Crippen molar-refractivity contribution in [3.8, 4) is 0 Å². The average Bonchev–Trinajstić information content (AvgIpc) is 3.25. The van der Waals surface area contributed by atoms with Crippen molar-refractivity contribution >= 4 is 41.6 Å². The Morgan fingerprint density at radius 2 is 0.584 bits per heavy atom. The van der Waals surface area contributed by atoms with Crippen LogP contribution in [0.5, 0.6) is 0 Å². The number of quaternary nitrogens is 4. The molecular formula is C43H96N4O26S4+4. The van der Waals surface area contributed by atoms with Gasteiger partial charge in [0, 0.05) is 19.4 Å². The molecule has 0 rings (SSSR count). The van der Waals surface area contributed by atoms with Gasteiger partial charge in [-0.15, -0.1) is 0 Å². The van der Waals surface area contributed by atoms with Crippen molar-refractivity contribution in [3.05, 3.63) is 0 Å². The summed E-state index contributed by atoms with van der Waals surface area (Å²) in [4.78, 5) is 0. The molecule has 0 aliphatic rings. The second-order valence-corrected chi connectivity index (χ2v) is 25.3. The predicted molar refractivity (Wildman–Crippen MR) is 277 cm³/mol. The van der Waals surface area contributed by atoms with Crippen LogP contribution in [0.15, 0.2) is 0 Å². The van der Waals surface area contributed by atoms with Crippen LogP contribution in [0.25, 0.3) is 0 Å². The zero-order chi connectivity index (χ0) is 58.7. The Hall–Kier alpha value is -1.08. The summed E-state index contributed by atoms with van der Waals surface area (Å²) in [6.07, 6.45) is -2.62. The highest BCUT2D eigenvalue weighted by Crippen LogP contribution is 2.21. The molecule has 0 saturated heterocycles. The summed E-state index contributed by atoms with van der Waals surface area (Å²) < 4.78 is 206. The molecule has 0 radical (unpaired) electrons. The third-order valence-electron chi connectivity index (χ3n) is 10.7. The second kappa shape index (κ2) is 39.4. The summed E-state index contributed by atoms with van der Waals surface area (Å²) in [6, 6.07) is 0. The Morgan fingerprint density at radius 3 is 0.922 bits per heavy atom. The van der Waals surface area contributed by atoms with Crippen molar-refractivity contribution in [2.24, 2.45) is 0 Å². The van der Waals surface area contributed by atoms with Crippen molar-refractivity contribution in [3.63, 3.8) is 0 Å². The van der Waals surface area contributed by atoms with E-state index in [1.54, 1.807) is 0 Å². The molecule has 464 valence electrons. The first-order chi connectivity index (χ1) is 35.5.